The maximum absolute atomic E-state index is 11.5. The fraction of sp³-hybridized carbons (Fsp3) is 0.125. The Kier molecular flexibility index (Phi) is 2.72. The van der Waals surface area contributed by atoms with Crippen molar-refractivity contribution in [2.24, 2.45) is 0 Å². The predicted octanol–water partition coefficient (Wildman–Crippen LogP) is -0.416. The Balaban J connectivity index is 2.15. The van der Waals surface area contributed by atoms with E-state index in [2.05, 4.69) is 30.6 Å². The van der Waals surface area contributed by atoms with Gasteiger partial charge in [0.2, 0.25) is 0 Å². The second-order valence-corrected chi connectivity index (χ2v) is 2.74. The first-order valence-corrected chi connectivity index (χ1v) is 4.28. The zero-order valence-electron chi connectivity index (χ0n) is 8.23. The molecular weight excluding hydrogens is 212 g/mol. The second-order valence-electron chi connectivity index (χ2n) is 2.74. The van der Waals surface area contributed by atoms with Gasteiger partial charge in [-0.05, 0) is 23.4 Å². The summed E-state index contributed by atoms with van der Waals surface area (Å²) in [5, 5.41) is 13.3. The summed E-state index contributed by atoms with van der Waals surface area (Å²) in [5.41, 5.74) is 0.145. The summed E-state index contributed by atoms with van der Waals surface area (Å²) in [6, 6.07) is 1.44. The fourth-order valence-corrected chi connectivity index (χ4v) is 0.952. The smallest absolute Gasteiger partial charge is 0.363 e. The van der Waals surface area contributed by atoms with Crippen LogP contribution < -0.4 is 4.74 Å². The third-order valence-corrected chi connectivity index (χ3v) is 1.59. The molecule has 0 atom stereocenters. The molecule has 0 aliphatic heterocycles. The average molecular weight is 218 g/mol. The third kappa shape index (κ3) is 2.29. The fourth-order valence-electron chi connectivity index (χ4n) is 0.952. The molecule has 2 aromatic rings. The molecule has 80 valence electrons. The first kappa shape index (κ1) is 10.0. The van der Waals surface area contributed by atoms with Crippen molar-refractivity contribution < 1.29 is 9.53 Å². The van der Waals surface area contributed by atoms with E-state index in [1.165, 1.54) is 18.5 Å². The molecule has 0 aliphatic rings. The number of carbonyl (C=O) groups excluding carboxylic acids is 1. The molecule has 16 heavy (non-hydrogen) atoms. The number of carbonyl (C=O) groups is 1. The summed E-state index contributed by atoms with van der Waals surface area (Å²) in [4.78, 5) is 19.3. The summed E-state index contributed by atoms with van der Waals surface area (Å²) in [6.45, 7) is 1.67. The number of ether oxygens (including phenoxy) is 1. The van der Waals surface area contributed by atoms with Gasteiger partial charge < -0.3 is 4.74 Å². The number of esters is 1. The molecule has 0 saturated carbocycles. The lowest BCUT2D eigenvalue weighted by atomic mass is 10.4. The van der Waals surface area contributed by atoms with Crippen LogP contribution >= 0.6 is 0 Å². The van der Waals surface area contributed by atoms with Crippen LogP contribution in [-0.2, 0) is 0 Å². The van der Waals surface area contributed by atoms with Crippen LogP contribution in [0.1, 0.15) is 16.3 Å². The molecule has 0 fully saturated rings. The average Bonchev–Trinajstić information content (AvgIpc) is 2.30. The molecule has 0 radical (unpaired) electrons. The van der Waals surface area contributed by atoms with Crippen molar-refractivity contribution in [3.63, 3.8) is 0 Å². The largest absolute Gasteiger partial charge is 0.399 e. The van der Waals surface area contributed by atoms with Gasteiger partial charge in [-0.2, -0.15) is 0 Å². The third-order valence-electron chi connectivity index (χ3n) is 1.59. The van der Waals surface area contributed by atoms with Crippen LogP contribution in [0.3, 0.4) is 0 Å². The molecule has 0 aliphatic carbocycles. The van der Waals surface area contributed by atoms with E-state index < -0.39 is 5.97 Å². The maximum atomic E-state index is 11.5. The monoisotopic (exact) mass is 218 g/mol. The van der Waals surface area contributed by atoms with Gasteiger partial charge in [0, 0.05) is 6.20 Å². The van der Waals surface area contributed by atoms with Crippen molar-refractivity contribution >= 4 is 5.97 Å². The molecule has 0 N–H and O–H groups in total. The van der Waals surface area contributed by atoms with E-state index in [1.54, 1.807) is 6.92 Å². The predicted molar refractivity (Wildman–Crippen MR) is 49.3 cm³/mol. The summed E-state index contributed by atoms with van der Waals surface area (Å²) >= 11 is 0. The number of aromatic nitrogens is 6. The van der Waals surface area contributed by atoms with E-state index in [1.807, 2.05) is 0 Å². The van der Waals surface area contributed by atoms with Gasteiger partial charge in [-0.1, -0.05) is 5.10 Å². The van der Waals surface area contributed by atoms with Crippen LogP contribution in [0.2, 0.25) is 0 Å². The molecule has 2 aromatic heterocycles. The minimum atomic E-state index is -0.646. The number of aryl methyl sites for hydroxylation is 1. The summed E-state index contributed by atoms with van der Waals surface area (Å²) in [6.07, 6.45) is 2.65. The molecule has 0 spiro atoms. The summed E-state index contributed by atoms with van der Waals surface area (Å²) in [7, 11) is 0. The van der Waals surface area contributed by atoms with Crippen molar-refractivity contribution in [3.05, 3.63) is 30.0 Å². The molecule has 0 unspecified atom stereocenters. The first-order chi connectivity index (χ1) is 7.75. The van der Waals surface area contributed by atoms with E-state index in [0.29, 0.717) is 5.82 Å². The minimum absolute atomic E-state index is 0.0312. The molecule has 2 rings (SSSR count). The summed E-state index contributed by atoms with van der Waals surface area (Å²) < 4.78 is 4.85. The van der Waals surface area contributed by atoms with Gasteiger partial charge in [0.15, 0.2) is 5.69 Å². The Morgan fingerprint density at radius 1 is 1.38 bits per heavy atom. The molecule has 0 aromatic carbocycles. The van der Waals surface area contributed by atoms with Gasteiger partial charge >= 0.3 is 5.97 Å². The second kappa shape index (κ2) is 4.34. The molecule has 8 heteroatoms. The summed E-state index contributed by atoms with van der Waals surface area (Å²) in [5.74, 6) is -0.197. The molecule has 8 nitrogen and oxygen atoms in total. The Morgan fingerprint density at radius 2 is 2.25 bits per heavy atom. The van der Waals surface area contributed by atoms with Crippen LogP contribution in [0.4, 0.5) is 0 Å². The van der Waals surface area contributed by atoms with E-state index in [9.17, 15) is 4.79 Å². The number of hydrogen-bond donors (Lipinski definition) is 0. The van der Waals surface area contributed by atoms with Crippen LogP contribution in [0, 0.1) is 6.92 Å². The molecular formula is C8H6N6O2. The zero-order chi connectivity index (χ0) is 11.4. The highest BCUT2D eigenvalue weighted by Gasteiger charge is 2.11. The van der Waals surface area contributed by atoms with Gasteiger partial charge in [0.05, 0.1) is 0 Å². The van der Waals surface area contributed by atoms with Gasteiger partial charge in [0.25, 0.3) is 5.88 Å². The van der Waals surface area contributed by atoms with E-state index in [-0.39, 0.29) is 11.6 Å². The maximum Gasteiger partial charge on any atom is 0.363 e. The highest BCUT2D eigenvalue weighted by atomic mass is 16.5. The van der Waals surface area contributed by atoms with Crippen LogP contribution in [-0.4, -0.2) is 36.6 Å². The van der Waals surface area contributed by atoms with Crippen molar-refractivity contribution in [2.45, 2.75) is 6.92 Å². The number of rotatable bonds is 2. The normalized spacial score (nSPS) is 9.81. The van der Waals surface area contributed by atoms with Crippen molar-refractivity contribution in [3.8, 4) is 5.88 Å². The van der Waals surface area contributed by atoms with Crippen LogP contribution in [0.15, 0.2) is 18.5 Å². The first-order valence-electron chi connectivity index (χ1n) is 4.28. The van der Waals surface area contributed by atoms with Crippen LogP contribution in [0.5, 0.6) is 5.88 Å². The van der Waals surface area contributed by atoms with E-state index in [4.69, 9.17) is 4.74 Å². The van der Waals surface area contributed by atoms with Crippen molar-refractivity contribution in [1.29, 1.82) is 0 Å². The van der Waals surface area contributed by atoms with Gasteiger partial charge in [-0.15, -0.1) is 5.10 Å². The van der Waals surface area contributed by atoms with Crippen molar-refractivity contribution in [2.75, 3.05) is 0 Å². The van der Waals surface area contributed by atoms with Crippen molar-refractivity contribution in [1.82, 2.24) is 30.6 Å². The highest BCUT2D eigenvalue weighted by Crippen LogP contribution is 2.03. The molecule has 0 amide bonds. The minimum Gasteiger partial charge on any atom is -0.399 e. The lowest BCUT2D eigenvalue weighted by Crippen LogP contribution is -2.13. The van der Waals surface area contributed by atoms with E-state index in [0.717, 1.165) is 0 Å². The number of hydrogen-bond acceptors (Lipinski definition) is 8. The standard InChI is InChI=1S/C8H6N6O2/c1-5-9-3-2-6(11-5)8(15)16-7-4-10-13-14-12-7/h2-4H,1H3. The van der Waals surface area contributed by atoms with Gasteiger partial charge in [-0.3, -0.25) is 0 Å². The molecule has 0 bridgehead atoms. The Labute approximate surface area is 89.7 Å². The van der Waals surface area contributed by atoms with Gasteiger partial charge in [0.1, 0.15) is 12.0 Å². The zero-order valence-corrected chi connectivity index (χ0v) is 8.23. The Bertz CT molecular complexity index is 503. The quantitative estimate of drug-likeness (QED) is 0.626. The SMILES string of the molecule is Cc1nccc(C(=O)Oc2cnnnn2)n1. The lowest BCUT2D eigenvalue weighted by molar-refractivity contribution is 0.0717. The highest BCUT2D eigenvalue weighted by molar-refractivity contribution is 5.88. The van der Waals surface area contributed by atoms with Gasteiger partial charge in [-0.25, -0.2) is 14.8 Å². The lowest BCUT2D eigenvalue weighted by Gasteiger charge is -2.00. The van der Waals surface area contributed by atoms with E-state index >= 15 is 0 Å². The Morgan fingerprint density at radius 3 is 2.94 bits per heavy atom. The molecule has 0 saturated heterocycles. The topological polar surface area (TPSA) is 104 Å². The molecule has 2 heterocycles. The number of nitrogens with zero attached hydrogens (tertiary/aromatic N) is 6. The van der Waals surface area contributed by atoms with Crippen LogP contribution in [0.25, 0.3) is 0 Å². The Hall–Kier alpha value is -2.51.